The Morgan fingerprint density at radius 1 is 1.19 bits per heavy atom. The summed E-state index contributed by atoms with van der Waals surface area (Å²) in [6, 6.07) is 10.8. The van der Waals surface area contributed by atoms with E-state index in [1.165, 1.54) is 35.3 Å². The number of hydrogen-bond donors (Lipinski definition) is 1. The highest BCUT2D eigenvalue weighted by atomic mass is 32.1. The smallest absolute Gasteiger partial charge is 0.134 e. The molecule has 3 rings (SSSR count). The van der Waals surface area contributed by atoms with E-state index in [1.807, 2.05) is 7.05 Å². The predicted molar refractivity (Wildman–Crippen MR) is 89.3 cm³/mol. The summed E-state index contributed by atoms with van der Waals surface area (Å²) in [6.07, 6.45) is 6.12. The van der Waals surface area contributed by atoms with E-state index < -0.39 is 0 Å². The van der Waals surface area contributed by atoms with E-state index in [2.05, 4.69) is 41.0 Å². The molecule has 0 unspecified atom stereocenters. The molecule has 1 heterocycles. The lowest BCUT2D eigenvalue weighted by Crippen LogP contribution is -2.16. The van der Waals surface area contributed by atoms with Gasteiger partial charge < -0.3 is 10.1 Å². The number of benzene rings is 1. The molecule has 1 atom stereocenters. The maximum atomic E-state index is 6.43. The highest BCUT2D eigenvalue weighted by molar-refractivity contribution is 7.10. The van der Waals surface area contributed by atoms with E-state index in [0.29, 0.717) is 0 Å². The molecule has 0 aliphatic heterocycles. The molecule has 1 aliphatic rings. The van der Waals surface area contributed by atoms with Crippen molar-refractivity contribution in [1.29, 1.82) is 0 Å². The molecule has 0 amide bonds. The summed E-state index contributed by atoms with van der Waals surface area (Å²) in [5.41, 5.74) is 2.92. The standard InChI is InChI=1S/C18H23NOS/c1-19-12-11-17(18-10-5-13-21-18)20-16-9-4-7-14-6-2-3-8-15(14)16/h4-5,7,9-10,13,17,19H,2-3,6,8,11-12H2,1H3/t17-/m1/s1. The second-order valence-corrected chi connectivity index (χ2v) is 6.59. The fraction of sp³-hybridized carbons (Fsp3) is 0.444. The Morgan fingerprint density at radius 2 is 2.10 bits per heavy atom. The minimum absolute atomic E-state index is 0.158. The molecule has 2 nitrogen and oxygen atoms in total. The fourth-order valence-electron chi connectivity index (χ4n) is 3.02. The number of fused-ring (bicyclic) bond motifs is 1. The number of hydrogen-bond acceptors (Lipinski definition) is 3. The molecule has 1 aliphatic carbocycles. The molecule has 0 saturated heterocycles. The molecule has 0 saturated carbocycles. The van der Waals surface area contributed by atoms with Gasteiger partial charge in [-0.2, -0.15) is 0 Å². The lowest BCUT2D eigenvalue weighted by molar-refractivity contribution is 0.196. The molecule has 2 aromatic rings. The van der Waals surface area contributed by atoms with Crippen molar-refractivity contribution in [3.63, 3.8) is 0 Å². The first-order valence-electron chi connectivity index (χ1n) is 7.84. The van der Waals surface area contributed by atoms with Gasteiger partial charge in [-0.3, -0.25) is 0 Å². The molecule has 0 spiro atoms. The van der Waals surface area contributed by atoms with Gasteiger partial charge in [-0.1, -0.05) is 18.2 Å². The van der Waals surface area contributed by atoms with Crippen LogP contribution in [0.15, 0.2) is 35.7 Å². The molecule has 0 fully saturated rings. The van der Waals surface area contributed by atoms with Gasteiger partial charge in [-0.05, 0) is 67.9 Å². The zero-order chi connectivity index (χ0) is 14.5. The van der Waals surface area contributed by atoms with Crippen molar-refractivity contribution in [1.82, 2.24) is 5.32 Å². The zero-order valence-corrected chi connectivity index (χ0v) is 13.4. The summed E-state index contributed by atoms with van der Waals surface area (Å²) in [7, 11) is 2.00. The number of thiophene rings is 1. The van der Waals surface area contributed by atoms with Crippen molar-refractivity contribution in [3.05, 3.63) is 51.7 Å². The Morgan fingerprint density at radius 3 is 2.90 bits per heavy atom. The topological polar surface area (TPSA) is 21.3 Å². The first-order valence-corrected chi connectivity index (χ1v) is 8.72. The Kier molecular flexibility index (Phi) is 4.94. The van der Waals surface area contributed by atoms with E-state index in [9.17, 15) is 0 Å². The number of ether oxygens (including phenoxy) is 1. The van der Waals surface area contributed by atoms with E-state index >= 15 is 0 Å². The SMILES string of the molecule is CNCC[C@@H](Oc1cccc2c1CCCC2)c1cccs1. The van der Waals surface area contributed by atoms with Crippen molar-refractivity contribution in [2.45, 2.75) is 38.2 Å². The van der Waals surface area contributed by atoms with Crippen LogP contribution in [-0.2, 0) is 12.8 Å². The first-order chi connectivity index (χ1) is 10.4. The van der Waals surface area contributed by atoms with E-state index in [1.54, 1.807) is 11.3 Å². The van der Waals surface area contributed by atoms with Gasteiger partial charge in [0.25, 0.3) is 0 Å². The number of nitrogens with one attached hydrogen (secondary N) is 1. The third-order valence-electron chi connectivity index (χ3n) is 4.14. The van der Waals surface area contributed by atoms with Crippen LogP contribution in [0.3, 0.4) is 0 Å². The van der Waals surface area contributed by atoms with Crippen molar-refractivity contribution < 1.29 is 4.74 Å². The molecule has 1 aromatic carbocycles. The fourth-order valence-corrected chi connectivity index (χ4v) is 3.81. The Bertz CT molecular complexity index is 565. The predicted octanol–water partition coefficient (Wildman–Crippen LogP) is 4.36. The van der Waals surface area contributed by atoms with Crippen molar-refractivity contribution in [3.8, 4) is 5.75 Å². The van der Waals surface area contributed by atoms with Gasteiger partial charge in [0.15, 0.2) is 0 Å². The van der Waals surface area contributed by atoms with Gasteiger partial charge in [-0.15, -0.1) is 11.3 Å². The van der Waals surface area contributed by atoms with Crippen LogP contribution in [0.1, 0.15) is 41.4 Å². The quantitative estimate of drug-likeness (QED) is 0.856. The molecule has 0 bridgehead atoms. The van der Waals surface area contributed by atoms with Crippen molar-refractivity contribution >= 4 is 11.3 Å². The van der Waals surface area contributed by atoms with Gasteiger partial charge in [0.2, 0.25) is 0 Å². The summed E-state index contributed by atoms with van der Waals surface area (Å²) in [4.78, 5) is 1.32. The van der Waals surface area contributed by atoms with Crippen LogP contribution < -0.4 is 10.1 Å². The molecule has 1 N–H and O–H groups in total. The second kappa shape index (κ2) is 7.10. The molecular formula is C18H23NOS. The molecule has 0 radical (unpaired) electrons. The third-order valence-corrected chi connectivity index (χ3v) is 5.10. The minimum Gasteiger partial charge on any atom is -0.485 e. The summed E-state index contributed by atoms with van der Waals surface area (Å²) in [5, 5.41) is 5.36. The summed E-state index contributed by atoms with van der Waals surface area (Å²) in [6.45, 7) is 0.970. The highest BCUT2D eigenvalue weighted by Crippen LogP contribution is 2.34. The van der Waals surface area contributed by atoms with Gasteiger partial charge in [0, 0.05) is 11.3 Å². The Hall–Kier alpha value is -1.32. The molecule has 112 valence electrons. The molecular weight excluding hydrogens is 278 g/mol. The van der Waals surface area contributed by atoms with Crippen LogP contribution in [0.5, 0.6) is 5.75 Å². The molecule has 1 aromatic heterocycles. The lowest BCUT2D eigenvalue weighted by atomic mass is 9.91. The maximum absolute atomic E-state index is 6.43. The van der Waals surface area contributed by atoms with Crippen molar-refractivity contribution in [2.24, 2.45) is 0 Å². The maximum Gasteiger partial charge on any atom is 0.134 e. The minimum atomic E-state index is 0.158. The van der Waals surface area contributed by atoms with Crippen molar-refractivity contribution in [2.75, 3.05) is 13.6 Å². The Balaban J connectivity index is 1.82. The summed E-state index contributed by atoms with van der Waals surface area (Å²) < 4.78 is 6.43. The zero-order valence-electron chi connectivity index (χ0n) is 12.6. The van der Waals surface area contributed by atoms with E-state index in [0.717, 1.165) is 25.1 Å². The van der Waals surface area contributed by atoms with Crippen LogP contribution in [0, 0.1) is 0 Å². The first kappa shape index (κ1) is 14.6. The van der Waals surface area contributed by atoms with Crippen LogP contribution in [-0.4, -0.2) is 13.6 Å². The number of aryl methyl sites for hydroxylation is 1. The largest absolute Gasteiger partial charge is 0.485 e. The van der Waals surface area contributed by atoms with Crippen LogP contribution in [0.25, 0.3) is 0 Å². The molecule has 21 heavy (non-hydrogen) atoms. The normalized spacial score (nSPS) is 15.5. The van der Waals surface area contributed by atoms with E-state index in [-0.39, 0.29) is 6.10 Å². The van der Waals surface area contributed by atoms with Gasteiger partial charge in [-0.25, -0.2) is 0 Å². The van der Waals surface area contributed by atoms with Crippen LogP contribution in [0.2, 0.25) is 0 Å². The van der Waals surface area contributed by atoms with Gasteiger partial charge in [0.1, 0.15) is 11.9 Å². The second-order valence-electron chi connectivity index (χ2n) is 5.62. The summed E-state index contributed by atoms with van der Waals surface area (Å²) in [5.74, 6) is 1.10. The average molecular weight is 301 g/mol. The summed E-state index contributed by atoms with van der Waals surface area (Å²) >= 11 is 1.79. The third kappa shape index (κ3) is 3.47. The number of rotatable bonds is 6. The van der Waals surface area contributed by atoms with Gasteiger partial charge in [0.05, 0.1) is 0 Å². The van der Waals surface area contributed by atoms with Gasteiger partial charge >= 0.3 is 0 Å². The Labute approximate surface area is 131 Å². The molecule has 3 heteroatoms. The average Bonchev–Trinajstić information content (AvgIpc) is 3.06. The monoisotopic (exact) mass is 301 g/mol. The lowest BCUT2D eigenvalue weighted by Gasteiger charge is -2.23. The van der Waals surface area contributed by atoms with Crippen LogP contribution in [0.4, 0.5) is 0 Å². The van der Waals surface area contributed by atoms with Crippen LogP contribution >= 0.6 is 11.3 Å². The highest BCUT2D eigenvalue weighted by Gasteiger charge is 2.19. The van der Waals surface area contributed by atoms with E-state index in [4.69, 9.17) is 4.74 Å².